The van der Waals surface area contributed by atoms with Crippen molar-refractivity contribution in [3.05, 3.63) is 27.7 Å². The molecule has 19 heavy (non-hydrogen) atoms. The highest BCUT2D eigenvalue weighted by Gasteiger charge is 2.26. The van der Waals surface area contributed by atoms with E-state index in [1.165, 1.54) is 12.1 Å². The van der Waals surface area contributed by atoms with Crippen LogP contribution in [0.5, 0.6) is 5.75 Å². The number of likely N-dealkylation sites (tertiary alicyclic amines) is 1. The molecule has 0 aromatic heterocycles. The Kier molecular flexibility index (Phi) is 4.55. The van der Waals surface area contributed by atoms with E-state index in [-0.39, 0.29) is 28.3 Å². The summed E-state index contributed by atoms with van der Waals surface area (Å²) in [5.41, 5.74) is 0.113. The zero-order chi connectivity index (χ0) is 14.0. The van der Waals surface area contributed by atoms with Crippen LogP contribution >= 0.6 is 23.2 Å². The van der Waals surface area contributed by atoms with Gasteiger partial charge >= 0.3 is 0 Å². The lowest BCUT2D eigenvalue weighted by Gasteiger charge is -2.31. The lowest BCUT2D eigenvalue weighted by Crippen LogP contribution is -2.40. The van der Waals surface area contributed by atoms with Crippen molar-refractivity contribution in [3.8, 4) is 5.75 Å². The molecule has 0 saturated carbocycles. The first-order valence-electron chi connectivity index (χ1n) is 6.03. The fourth-order valence-electron chi connectivity index (χ4n) is 2.22. The first-order valence-corrected chi connectivity index (χ1v) is 6.78. The molecular weight excluding hydrogens is 289 g/mol. The van der Waals surface area contributed by atoms with Crippen molar-refractivity contribution < 1.29 is 14.6 Å². The number of phenols is 1. The maximum Gasteiger partial charge on any atom is 0.259 e. The normalized spacial score (nSPS) is 16.7. The zero-order valence-electron chi connectivity index (χ0n) is 10.5. The maximum atomic E-state index is 12.3. The smallest absolute Gasteiger partial charge is 0.259 e. The van der Waals surface area contributed by atoms with Crippen LogP contribution < -0.4 is 0 Å². The average molecular weight is 304 g/mol. The van der Waals surface area contributed by atoms with Gasteiger partial charge in [-0.05, 0) is 25.0 Å². The Bertz CT molecular complexity index is 462. The first-order chi connectivity index (χ1) is 9.02. The molecule has 0 bridgehead atoms. The molecule has 4 nitrogen and oxygen atoms in total. The number of rotatable bonds is 2. The van der Waals surface area contributed by atoms with Crippen molar-refractivity contribution >= 4 is 29.1 Å². The number of piperidine rings is 1. The third-order valence-corrected chi connectivity index (χ3v) is 3.83. The summed E-state index contributed by atoms with van der Waals surface area (Å²) in [4.78, 5) is 14.0. The number of amides is 1. The number of benzene rings is 1. The summed E-state index contributed by atoms with van der Waals surface area (Å²) < 4.78 is 5.26. The maximum absolute atomic E-state index is 12.3. The molecule has 1 amide bonds. The topological polar surface area (TPSA) is 49.8 Å². The van der Waals surface area contributed by atoms with Crippen LogP contribution in [-0.2, 0) is 4.74 Å². The van der Waals surface area contributed by atoms with E-state index in [9.17, 15) is 9.90 Å². The van der Waals surface area contributed by atoms with Crippen molar-refractivity contribution in [2.75, 3.05) is 20.2 Å². The van der Waals surface area contributed by atoms with Gasteiger partial charge in [0.15, 0.2) is 0 Å². The SMILES string of the molecule is COC1CCN(C(=O)c2c(O)cc(Cl)cc2Cl)CC1. The summed E-state index contributed by atoms with van der Waals surface area (Å²) in [6.45, 7) is 1.19. The van der Waals surface area contributed by atoms with E-state index in [4.69, 9.17) is 27.9 Å². The van der Waals surface area contributed by atoms with Crippen LogP contribution in [0.4, 0.5) is 0 Å². The third kappa shape index (κ3) is 3.14. The standard InChI is InChI=1S/C13H15Cl2NO3/c1-19-9-2-4-16(5-3-9)13(18)12-10(15)6-8(14)7-11(12)17/h6-7,9,17H,2-5H2,1H3. The van der Waals surface area contributed by atoms with E-state index >= 15 is 0 Å². The number of phenolic OH excluding ortho intramolecular Hbond substituents is 1. The van der Waals surface area contributed by atoms with Crippen LogP contribution in [0.2, 0.25) is 10.0 Å². The van der Waals surface area contributed by atoms with E-state index in [2.05, 4.69) is 0 Å². The highest BCUT2D eigenvalue weighted by Crippen LogP contribution is 2.31. The molecule has 1 heterocycles. The number of carbonyl (C=O) groups is 1. The van der Waals surface area contributed by atoms with Crippen molar-refractivity contribution in [3.63, 3.8) is 0 Å². The molecule has 0 atom stereocenters. The average Bonchev–Trinajstić information content (AvgIpc) is 2.37. The first kappa shape index (κ1) is 14.4. The van der Waals surface area contributed by atoms with E-state index < -0.39 is 0 Å². The summed E-state index contributed by atoms with van der Waals surface area (Å²) in [7, 11) is 1.67. The van der Waals surface area contributed by atoms with Crippen LogP contribution in [0.1, 0.15) is 23.2 Å². The molecule has 0 spiro atoms. The Morgan fingerprint density at radius 3 is 2.53 bits per heavy atom. The zero-order valence-corrected chi connectivity index (χ0v) is 12.0. The van der Waals surface area contributed by atoms with Crippen LogP contribution in [0, 0.1) is 0 Å². The van der Waals surface area contributed by atoms with Gasteiger partial charge in [0.1, 0.15) is 5.75 Å². The summed E-state index contributed by atoms with van der Waals surface area (Å²) >= 11 is 11.8. The predicted molar refractivity (Wildman–Crippen MR) is 74.1 cm³/mol. The number of methoxy groups -OCH3 is 1. The van der Waals surface area contributed by atoms with Gasteiger partial charge in [0, 0.05) is 25.2 Å². The van der Waals surface area contributed by atoms with Gasteiger partial charge < -0.3 is 14.7 Å². The van der Waals surface area contributed by atoms with Gasteiger partial charge in [-0.3, -0.25) is 4.79 Å². The minimum absolute atomic E-state index is 0.113. The molecule has 0 radical (unpaired) electrons. The van der Waals surface area contributed by atoms with Gasteiger partial charge in [0.2, 0.25) is 0 Å². The monoisotopic (exact) mass is 303 g/mol. The number of nitrogens with zero attached hydrogens (tertiary/aromatic N) is 1. The van der Waals surface area contributed by atoms with E-state index in [1.54, 1.807) is 12.0 Å². The molecule has 1 saturated heterocycles. The van der Waals surface area contributed by atoms with Gasteiger partial charge in [0.05, 0.1) is 16.7 Å². The molecule has 1 aliphatic heterocycles. The number of aromatic hydroxyl groups is 1. The Balaban J connectivity index is 2.17. The number of halogens is 2. The van der Waals surface area contributed by atoms with Crippen LogP contribution in [0.15, 0.2) is 12.1 Å². The Morgan fingerprint density at radius 2 is 2.00 bits per heavy atom. The summed E-state index contributed by atoms with van der Waals surface area (Å²) in [5.74, 6) is -0.454. The molecule has 1 fully saturated rings. The molecule has 1 aromatic rings. The second kappa shape index (κ2) is 5.99. The minimum Gasteiger partial charge on any atom is -0.507 e. The fraction of sp³-hybridized carbons (Fsp3) is 0.462. The molecular formula is C13H15Cl2NO3. The number of hydrogen-bond acceptors (Lipinski definition) is 3. The predicted octanol–water partition coefficient (Wildman–Crippen LogP) is 2.95. The molecule has 2 rings (SSSR count). The van der Waals surface area contributed by atoms with Crippen LogP contribution in [0.3, 0.4) is 0 Å². The number of carbonyl (C=O) groups excluding carboxylic acids is 1. The third-order valence-electron chi connectivity index (χ3n) is 3.31. The van der Waals surface area contributed by atoms with Crippen molar-refractivity contribution in [2.45, 2.75) is 18.9 Å². The van der Waals surface area contributed by atoms with Gasteiger partial charge in [0.25, 0.3) is 5.91 Å². The molecule has 0 aliphatic carbocycles. The van der Waals surface area contributed by atoms with Gasteiger partial charge in [-0.2, -0.15) is 0 Å². The molecule has 1 aliphatic rings. The lowest BCUT2D eigenvalue weighted by atomic mass is 10.1. The molecule has 6 heteroatoms. The van der Waals surface area contributed by atoms with Gasteiger partial charge in [-0.1, -0.05) is 23.2 Å². The molecule has 1 aromatic carbocycles. The Hall–Kier alpha value is -0.970. The van der Waals surface area contributed by atoms with Crippen molar-refractivity contribution in [1.82, 2.24) is 4.90 Å². The lowest BCUT2D eigenvalue weighted by molar-refractivity contribution is 0.0349. The number of ether oxygens (including phenoxy) is 1. The fourth-order valence-corrected chi connectivity index (χ4v) is 2.79. The molecule has 1 N–H and O–H groups in total. The van der Waals surface area contributed by atoms with Crippen LogP contribution in [-0.4, -0.2) is 42.2 Å². The van der Waals surface area contributed by atoms with Crippen LogP contribution in [0.25, 0.3) is 0 Å². The quantitative estimate of drug-likeness (QED) is 0.914. The van der Waals surface area contributed by atoms with E-state index in [1.807, 2.05) is 0 Å². The van der Waals surface area contributed by atoms with E-state index in [0.29, 0.717) is 18.1 Å². The second-order valence-corrected chi connectivity index (χ2v) is 5.35. The number of hydrogen-bond donors (Lipinski definition) is 1. The van der Waals surface area contributed by atoms with E-state index in [0.717, 1.165) is 12.8 Å². The highest BCUT2D eigenvalue weighted by molar-refractivity contribution is 6.37. The highest BCUT2D eigenvalue weighted by atomic mass is 35.5. The summed E-state index contributed by atoms with van der Waals surface area (Å²) in [6.07, 6.45) is 1.76. The Labute approximate surface area is 121 Å². The summed E-state index contributed by atoms with van der Waals surface area (Å²) in [6, 6.07) is 2.78. The van der Waals surface area contributed by atoms with Gasteiger partial charge in [-0.15, -0.1) is 0 Å². The largest absolute Gasteiger partial charge is 0.507 e. The summed E-state index contributed by atoms with van der Waals surface area (Å²) in [5, 5.41) is 10.3. The second-order valence-electron chi connectivity index (χ2n) is 4.51. The minimum atomic E-state index is -0.270. The van der Waals surface area contributed by atoms with Crippen molar-refractivity contribution in [2.24, 2.45) is 0 Å². The molecule has 0 unspecified atom stereocenters. The molecule has 104 valence electrons. The van der Waals surface area contributed by atoms with Gasteiger partial charge in [-0.25, -0.2) is 0 Å². The van der Waals surface area contributed by atoms with Crippen molar-refractivity contribution in [1.29, 1.82) is 0 Å². The Morgan fingerprint density at radius 1 is 1.37 bits per heavy atom.